The zero-order valence-corrected chi connectivity index (χ0v) is 9.54. The van der Waals surface area contributed by atoms with Crippen LogP contribution in [-0.2, 0) is 19.1 Å². The average Bonchev–Trinajstić information content (AvgIpc) is 2.18. The molecule has 15 heavy (non-hydrogen) atoms. The van der Waals surface area contributed by atoms with E-state index in [2.05, 4.69) is 0 Å². The van der Waals surface area contributed by atoms with Crippen molar-refractivity contribution in [3.63, 3.8) is 0 Å². The van der Waals surface area contributed by atoms with Crippen LogP contribution in [-0.4, -0.2) is 24.6 Å². The number of ketones is 1. The van der Waals surface area contributed by atoms with Crippen molar-refractivity contribution >= 4 is 11.8 Å². The van der Waals surface area contributed by atoms with E-state index in [9.17, 15) is 9.59 Å². The first-order chi connectivity index (χ1) is 6.94. The molecule has 1 saturated heterocycles. The molecule has 1 atom stereocenters. The Kier molecular flexibility index (Phi) is 3.85. The van der Waals surface area contributed by atoms with Crippen LogP contribution in [0.5, 0.6) is 0 Å². The van der Waals surface area contributed by atoms with E-state index in [4.69, 9.17) is 9.47 Å². The fourth-order valence-electron chi connectivity index (χ4n) is 1.21. The predicted molar refractivity (Wildman–Crippen MR) is 54.1 cm³/mol. The molecule has 0 spiro atoms. The molecule has 4 heteroatoms. The lowest BCUT2D eigenvalue weighted by molar-refractivity contribution is -0.195. The summed E-state index contributed by atoms with van der Waals surface area (Å²) in [6.07, 6.45) is 2.26. The van der Waals surface area contributed by atoms with Gasteiger partial charge in [0, 0.05) is 6.42 Å². The fourth-order valence-corrected chi connectivity index (χ4v) is 1.21. The summed E-state index contributed by atoms with van der Waals surface area (Å²) in [7, 11) is 0. The first kappa shape index (κ1) is 12.2. The highest BCUT2D eigenvalue weighted by Gasteiger charge is 2.36. The molecule has 1 aliphatic heterocycles. The van der Waals surface area contributed by atoms with Gasteiger partial charge in [-0.3, -0.25) is 9.59 Å². The summed E-state index contributed by atoms with van der Waals surface area (Å²) in [6.45, 7) is 5.16. The number of rotatable bonds is 3. The van der Waals surface area contributed by atoms with Crippen LogP contribution in [0.25, 0.3) is 0 Å². The normalized spacial score (nSPS) is 22.2. The zero-order valence-electron chi connectivity index (χ0n) is 9.54. The number of carbonyl (C=O) groups is 2. The molecular weight excluding hydrogens is 196 g/mol. The zero-order chi connectivity index (χ0) is 11.5. The molecule has 0 N–H and O–H groups in total. The van der Waals surface area contributed by atoms with Crippen LogP contribution in [0, 0.1) is 5.41 Å². The summed E-state index contributed by atoms with van der Waals surface area (Å²) in [4.78, 5) is 22.9. The molecule has 0 aromatic heterocycles. The van der Waals surface area contributed by atoms with Crippen molar-refractivity contribution in [3.8, 4) is 0 Å². The van der Waals surface area contributed by atoms with Gasteiger partial charge in [0.1, 0.15) is 11.2 Å². The summed E-state index contributed by atoms with van der Waals surface area (Å²) in [6, 6.07) is 0. The molecule has 0 saturated carbocycles. The third-order valence-electron chi connectivity index (χ3n) is 2.77. The van der Waals surface area contributed by atoms with Gasteiger partial charge in [0.05, 0.1) is 6.61 Å². The third kappa shape index (κ3) is 3.02. The Morgan fingerprint density at radius 3 is 2.47 bits per heavy atom. The van der Waals surface area contributed by atoms with Gasteiger partial charge in [0.25, 0.3) is 0 Å². The second kappa shape index (κ2) is 4.75. The van der Waals surface area contributed by atoms with E-state index >= 15 is 0 Å². The molecule has 0 amide bonds. The van der Waals surface area contributed by atoms with E-state index in [0.29, 0.717) is 6.61 Å². The monoisotopic (exact) mass is 214 g/mol. The van der Waals surface area contributed by atoms with E-state index in [0.717, 1.165) is 19.3 Å². The van der Waals surface area contributed by atoms with E-state index < -0.39 is 17.7 Å². The minimum absolute atomic E-state index is 0.191. The molecule has 1 aliphatic rings. The van der Waals surface area contributed by atoms with E-state index in [1.165, 1.54) is 6.92 Å². The lowest BCUT2D eigenvalue weighted by Crippen LogP contribution is -2.37. The summed E-state index contributed by atoms with van der Waals surface area (Å²) in [5, 5.41) is 0. The Morgan fingerprint density at radius 2 is 2.00 bits per heavy atom. The van der Waals surface area contributed by atoms with Gasteiger partial charge in [-0.1, -0.05) is 0 Å². The van der Waals surface area contributed by atoms with Crippen molar-refractivity contribution in [2.75, 3.05) is 6.61 Å². The molecule has 0 aliphatic carbocycles. The summed E-state index contributed by atoms with van der Waals surface area (Å²) in [5.74, 6) is -0.690. The van der Waals surface area contributed by atoms with Gasteiger partial charge in [0.15, 0.2) is 0 Å². The number of carbonyl (C=O) groups excluding carboxylic acids is 2. The van der Waals surface area contributed by atoms with Crippen molar-refractivity contribution in [3.05, 3.63) is 0 Å². The number of Topliss-reactive ketones (excluding diaryl/α,β-unsaturated/α-hetero) is 1. The number of ether oxygens (including phenoxy) is 2. The topological polar surface area (TPSA) is 52.6 Å². The average molecular weight is 214 g/mol. The van der Waals surface area contributed by atoms with Crippen molar-refractivity contribution < 1.29 is 19.1 Å². The Hall–Kier alpha value is -0.900. The van der Waals surface area contributed by atoms with Crippen molar-refractivity contribution in [1.82, 2.24) is 0 Å². The van der Waals surface area contributed by atoms with Crippen LogP contribution < -0.4 is 0 Å². The molecule has 0 aromatic rings. The first-order valence-corrected chi connectivity index (χ1v) is 5.28. The van der Waals surface area contributed by atoms with Crippen molar-refractivity contribution in [2.24, 2.45) is 5.41 Å². The van der Waals surface area contributed by atoms with E-state index in [1.807, 2.05) is 0 Å². The minimum atomic E-state index is -1.07. The van der Waals surface area contributed by atoms with Crippen molar-refractivity contribution in [1.29, 1.82) is 0 Å². The van der Waals surface area contributed by atoms with E-state index in [-0.39, 0.29) is 5.78 Å². The highest BCUT2D eigenvalue weighted by atomic mass is 16.7. The summed E-state index contributed by atoms with van der Waals surface area (Å²) < 4.78 is 10.4. The highest BCUT2D eigenvalue weighted by molar-refractivity contribution is 6.01. The fraction of sp³-hybridized carbons (Fsp3) is 0.818. The third-order valence-corrected chi connectivity index (χ3v) is 2.77. The maximum atomic E-state index is 11.7. The van der Waals surface area contributed by atoms with Crippen LogP contribution in [0.15, 0.2) is 0 Å². The quantitative estimate of drug-likeness (QED) is 0.529. The van der Waals surface area contributed by atoms with Crippen LogP contribution in [0.4, 0.5) is 0 Å². The molecule has 1 unspecified atom stereocenters. The van der Waals surface area contributed by atoms with Crippen molar-refractivity contribution in [2.45, 2.75) is 46.3 Å². The van der Waals surface area contributed by atoms with Gasteiger partial charge >= 0.3 is 5.97 Å². The Balaban J connectivity index is 2.50. The second-order valence-electron chi connectivity index (χ2n) is 4.38. The number of esters is 1. The van der Waals surface area contributed by atoms with Gasteiger partial charge in [-0.2, -0.15) is 0 Å². The van der Waals surface area contributed by atoms with Gasteiger partial charge in [-0.25, -0.2) is 0 Å². The number of hydrogen-bond acceptors (Lipinski definition) is 4. The lowest BCUT2D eigenvalue weighted by atomic mass is 9.89. The van der Waals surface area contributed by atoms with Crippen LogP contribution in [0.2, 0.25) is 0 Å². The molecule has 4 nitrogen and oxygen atoms in total. The van der Waals surface area contributed by atoms with Crippen LogP contribution >= 0.6 is 0 Å². The largest absolute Gasteiger partial charge is 0.435 e. The standard InChI is InChI=1S/C11H18O4/c1-8(12)11(2,3)10(13)15-9-6-4-5-7-14-9/h9H,4-7H2,1-3H3. The van der Waals surface area contributed by atoms with Gasteiger partial charge in [-0.15, -0.1) is 0 Å². The molecule has 86 valence electrons. The maximum Gasteiger partial charge on any atom is 0.321 e. The summed E-state index contributed by atoms with van der Waals surface area (Å²) >= 11 is 0. The first-order valence-electron chi connectivity index (χ1n) is 5.28. The molecule has 0 aromatic carbocycles. The lowest BCUT2D eigenvalue weighted by Gasteiger charge is -2.26. The molecule has 0 radical (unpaired) electrons. The van der Waals surface area contributed by atoms with Gasteiger partial charge in [-0.05, 0) is 33.6 Å². The predicted octanol–water partition coefficient (Wildman–Crippen LogP) is 1.67. The molecule has 1 heterocycles. The molecule has 0 bridgehead atoms. The van der Waals surface area contributed by atoms with E-state index in [1.54, 1.807) is 13.8 Å². The SMILES string of the molecule is CC(=O)C(C)(C)C(=O)OC1CCCCO1. The smallest absolute Gasteiger partial charge is 0.321 e. The molecular formula is C11H18O4. The Morgan fingerprint density at radius 1 is 1.33 bits per heavy atom. The maximum absolute atomic E-state index is 11.7. The second-order valence-corrected chi connectivity index (χ2v) is 4.38. The summed E-state index contributed by atoms with van der Waals surface area (Å²) in [5.41, 5.74) is -1.07. The molecule has 1 rings (SSSR count). The highest BCUT2D eigenvalue weighted by Crippen LogP contribution is 2.22. The Labute approximate surface area is 89.9 Å². The minimum Gasteiger partial charge on any atom is -0.435 e. The Bertz CT molecular complexity index is 251. The molecule has 1 fully saturated rings. The van der Waals surface area contributed by atoms with Gasteiger partial charge in [0.2, 0.25) is 6.29 Å². The number of hydrogen-bond donors (Lipinski definition) is 0. The van der Waals surface area contributed by atoms with Crippen LogP contribution in [0.3, 0.4) is 0 Å². The van der Waals surface area contributed by atoms with Crippen LogP contribution in [0.1, 0.15) is 40.0 Å². The van der Waals surface area contributed by atoms with Gasteiger partial charge < -0.3 is 9.47 Å².